The first-order chi connectivity index (χ1) is 12.1. The van der Waals surface area contributed by atoms with Crippen LogP contribution in [-0.4, -0.2) is 40.2 Å². The lowest BCUT2D eigenvalue weighted by Gasteiger charge is -2.29. The van der Waals surface area contributed by atoms with Crippen LogP contribution in [0.1, 0.15) is 47.6 Å². The second kappa shape index (κ2) is 8.12. The van der Waals surface area contributed by atoms with Crippen LogP contribution in [0.15, 0.2) is 53.5 Å². The van der Waals surface area contributed by atoms with Crippen molar-refractivity contribution in [1.29, 1.82) is 0 Å². The third-order valence-corrected chi connectivity index (χ3v) is 4.87. The predicted molar refractivity (Wildman–Crippen MR) is 97.2 cm³/mol. The monoisotopic (exact) mass is 340 g/mol. The fourth-order valence-electron chi connectivity index (χ4n) is 3.50. The van der Waals surface area contributed by atoms with Crippen molar-refractivity contribution in [2.75, 3.05) is 19.6 Å². The Kier molecular flexibility index (Phi) is 5.66. The van der Waals surface area contributed by atoms with Crippen molar-refractivity contribution in [3.05, 3.63) is 70.1 Å². The van der Waals surface area contributed by atoms with Crippen LogP contribution in [0.25, 0.3) is 0 Å². The van der Waals surface area contributed by atoms with Crippen LogP contribution in [0.2, 0.25) is 0 Å². The Morgan fingerprint density at radius 2 is 1.76 bits per heavy atom. The van der Waals surface area contributed by atoms with Gasteiger partial charge in [0, 0.05) is 18.8 Å². The number of likely N-dealkylation sites (tertiary alicyclic amines) is 1. The first-order valence-electron chi connectivity index (χ1n) is 8.88. The highest BCUT2D eigenvalue weighted by Gasteiger charge is 2.19. The van der Waals surface area contributed by atoms with E-state index < -0.39 is 5.97 Å². The molecule has 1 aliphatic heterocycles. The third-order valence-electron chi connectivity index (χ3n) is 4.87. The summed E-state index contributed by atoms with van der Waals surface area (Å²) in [6.45, 7) is 3.11. The van der Waals surface area contributed by atoms with E-state index in [-0.39, 0.29) is 17.2 Å². The van der Waals surface area contributed by atoms with Gasteiger partial charge >= 0.3 is 5.97 Å². The number of aromatic nitrogens is 1. The summed E-state index contributed by atoms with van der Waals surface area (Å²) in [5.41, 5.74) is 1.00. The maximum atomic E-state index is 12.4. The SMILES string of the molecule is O=C(O)c1ccc(=O)n([C@H](CCN2CCCCC2)c2ccccc2)c1. The first-order valence-corrected chi connectivity index (χ1v) is 8.88. The lowest BCUT2D eigenvalue weighted by Crippen LogP contribution is -2.33. The second-order valence-corrected chi connectivity index (χ2v) is 6.59. The number of piperidine rings is 1. The molecule has 0 radical (unpaired) electrons. The van der Waals surface area contributed by atoms with E-state index in [0.717, 1.165) is 31.6 Å². The molecule has 0 bridgehead atoms. The Morgan fingerprint density at radius 1 is 1.04 bits per heavy atom. The number of rotatable bonds is 6. The summed E-state index contributed by atoms with van der Waals surface area (Å²) in [5.74, 6) is -1.02. The summed E-state index contributed by atoms with van der Waals surface area (Å²) >= 11 is 0. The zero-order valence-corrected chi connectivity index (χ0v) is 14.3. The van der Waals surface area contributed by atoms with Gasteiger partial charge in [0.15, 0.2) is 0 Å². The molecule has 0 saturated carbocycles. The van der Waals surface area contributed by atoms with Crippen molar-refractivity contribution in [2.24, 2.45) is 0 Å². The molecule has 1 aromatic carbocycles. The van der Waals surface area contributed by atoms with Crippen molar-refractivity contribution in [2.45, 2.75) is 31.7 Å². The Morgan fingerprint density at radius 3 is 2.44 bits per heavy atom. The van der Waals surface area contributed by atoms with Gasteiger partial charge in [0.05, 0.1) is 11.6 Å². The number of benzene rings is 1. The quantitative estimate of drug-likeness (QED) is 0.878. The second-order valence-electron chi connectivity index (χ2n) is 6.59. The Balaban J connectivity index is 1.89. The molecule has 1 fully saturated rings. The molecule has 1 aromatic heterocycles. The van der Waals surface area contributed by atoms with Crippen molar-refractivity contribution in [1.82, 2.24) is 9.47 Å². The van der Waals surface area contributed by atoms with Crippen molar-refractivity contribution in [3.63, 3.8) is 0 Å². The lowest BCUT2D eigenvalue weighted by molar-refractivity contribution is 0.0695. The van der Waals surface area contributed by atoms with E-state index in [1.807, 2.05) is 30.3 Å². The van der Waals surface area contributed by atoms with Gasteiger partial charge in [-0.25, -0.2) is 4.79 Å². The van der Waals surface area contributed by atoms with Gasteiger partial charge in [-0.15, -0.1) is 0 Å². The molecule has 3 rings (SSSR count). The maximum Gasteiger partial charge on any atom is 0.337 e. The smallest absolute Gasteiger partial charge is 0.337 e. The summed E-state index contributed by atoms with van der Waals surface area (Å²) in [5, 5.41) is 9.26. The molecule has 0 amide bonds. The molecular weight excluding hydrogens is 316 g/mol. The fourth-order valence-corrected chi connectivity index (χ4v) is 3.50. The van der Waals surface area contributed by atoms with Crippen LogP contribution in [0.4, 0.5) is 0 Å². The minimum Gasteiger partial charge on any atom is -0.478 e. The van der Waals surface area contributed by atoms with Crippen LogP contribution < -0.4 is 5.56 Å². The summed E-state index contributed by atoms with van der Waals surface area (Å²) in [4.78, 5) is 26.2. The van der Waals surface area contributed by atoms with Crippen LogP contribution in [0.3, 0.4) is 0 Å². The maximum absolute atomic E-state index is 12.4. The van der Waals surface area contributed by atoms with Gasteiger partial charge in [-0.1, -0.05) is 36.8 Å². The normalized spacial score (nSPS) is 16.5. The number of carboxylic acids is 1. The molecular formula is C20H24N2O3. The van der Waals surface area contributed by atoms with Crippen LogP contribution in [0.5, 0.6) is 0 Å². The van der Waals surface area contributed by atoms with E-state index in [1.54, 1.807) is 4.57 Å². The molecule has 5 heteroatoms. The van der Waals surface area contributed by atoms with E-state index in [2.05, 4.69) is 4.90 Å². The highest BCUT2D eigenvalue weighted by Crippen LogP contribution is 2.22. The van der Waals surface area contributed by atoms with Crippen LogP contribution in [0, 0.1) is 0 Å². The highest BCUT2D eigenvalue weighted by atomic mass is 16.4. The average Bonchev–Trinajstić information content (AvgIpc) is 2.65. The van der Waals surface area contributed by atoms with Crippen molar-refractivity contribution < 1.29 is 9.90 Å². The topological polar surface area (TPSA) is 62.5 Å². The van der Waals surface area contributed by atoms with Gasteiger partial charge in [0.2, 0.25) is 0 Å². The zero-order valence-electron chi connectivity index (χ0n) is 14.3. The molecule has 2 aromatic rings. The zero-order chi connectivity index (χ0) is 17.6. The summed E-state index contributed by atoms with van der Waals surface area (Å²) in [6, 6.07) is 12.4. The average molecular weight is 340 g/mol. The van der Waals surface area contributed by atoms with Crippen molar-refractivity contribution in [3.8, 4) is 0 Å². The highest BCUT2D eigenvalue weighted by molar-refractivity contribution is 5.87. The minimum atomic E-state index is -1.02. The molecule has 0 aliphatic carbocycles. The fraction of sp³-hybridized carbons (Fsp3) is 0.400. The Hall–Kier alpha value is -2.40. The van der Waals surface area contributed by atoms with Gasteiger partial charge in [0.25, 0.3) is 5.56 Å². The molecule has 1 saturated heterocycles. The van der Waals surface area contributed by atoms with Gasteiger partial charge in [0.1, 0.15) is 0 Å². The van der Waals surface area contributed by atoms with Gasteiger partial charge in [-0.3, -0.25) is 4.79 Å². The van der Waals surface area contributed by atoms with E-state index >= 15 is 0 Å². The summed E-state index contributed by atoms with van der Waals surface area (Å²) in [6.07, 6.45) is 6.00. The van der Waals surface area contributed by atoms with Gasteiger partial charge in [-0.05, 0) is 44.0 Å². The number of carboxylic acid groups (broad SMARTS) is 1. The molecule has 25 heavy (non-hydrogen) atoms. The molecule has 132 valence electrons. The summed E-state index contributed by atoms with van der Waals surface area (Å²) < 4.78 is 1.57. The standard InChI is InChI=1S/C20H24N2O3/c23-19-10-9-17(20(24)25)15-22(19)18(16-7-3-1-4-8-16)11-14-21-12-5-2-6-13-21/h1,3-4,7-10,15,18H,2,5-6,11-14H2,(H,24,25)/t18-/m1/s1. The van der Waals surface area contributed by atoms with E-state index in [1.165, 1.54) is 37.6 Å². The van der Waals surface area contributed by atoms with E-state index in [4.69, 9.17) is 0 Å². The minimum absolute atomic E-state index is 0.138. The molecule has 1 N–H and O–H groups in total. The predicted octanol–water partition coefficient (Wildman–Crippen LogP) is 3.01. The largest absolute Gasteiger partial charge is 0.478 e. The summed E-state index contributed by atoms with van der Waals surface area (Å²) in [7, 11) is 0. The molecule has 5 nitrogen and oxygen atoms in total. The molecule has 1 atom stereocenters. The molecule has 0 spiro atoms. The first kappa shape index (κ1) is 17.4. The number of aromatic carboxylic acids is 1. The Labute approximate surface area is 147 Å². The van der Waals surface area contributed by atoms with Crippen LogP contribution in [-0.2, 0) is 0 Å². The number of carbonyl (C=O) groups is 1. The number of hydrogen-bond acceptors (Lipinski definition) is 3. The lowest BCUT2D eigenvalue weighted by atomic mass is 10.0. The van der Waals surface area contributed by atoms with Gasteiger partial charge < -0.3 is 14.6 Å². The van der Waals surface area contributed by atoms with Crippen LogP contribution >= 0.6 is 0 Å². The number of nitrogens with zero attached hydrogens (tertiary/aromatic N) is 2. The number of hydrogen-bond donors (Lipinski definition) is 1. The molecule has 2 heterocycles. The Bertz CT molecular complexity index is 764. The molecule has 1 aliphatic rings. The molecule has 0 unspecified atom stereocenters. The van der Waals surface area contributed by atoms with Crippen molar-refractivity contribution >= 4 is 5.97 Å². The number of pyridine rings is 1. The third kappa shape index (κ3) is 4.37. The van der Waals surface area contributed by atoms with Gasteiger partial charge in [-0.2, -0.15) is 0 Å². The van der Waals surface area contributed by atoms with E-state index in [0.29, 0.717) is 0 Å². The van der Waals surface area contributed by atoms with E-state index in [9.17, 15) is 14.7 Å².